The highest BCUT2D eigenvalue weighted by Crippen LogP contribution is 2.33. The molecule has 0 saturated heterocycles. The van der Waals surface area contributed by atoms with Gasteiger partial charge < -0.3 is 13.7 Å². The van der Waals surface area contributed by atoms with Crippen molar-refractivity contribution in [1.29, 1.82) is 0 Å². The van der Waals surface area contributed by atoms with Crippen LogP contribution in [0.25, 0.3) is 10.2 Å². The van der Waals surface area contributed by atoms with Crippen LogP contribution in [0.2, 0.25) is 0 Å². The lowest BCUT2D eigenvalue weighted by Crippen LogP contribution is -2.42. The zero-order valence-electron chi connectivity index (χ0n) is 27.9. The van der Waals surface area contributed by atoms with Crippen LogP contribution in [0, 0.1) is 0 Å². The van der Waals surface area contributed by atoms with Gasteiger partial charge in [-0.2, -0.15) is 4.58 Å². The summed E-state index contributed by atoms with van der Waals surface area (Å²) in [6.45, 7) is 4.18. The molecule has 0 fully saturated rings. The van der Waals surface area contributed by atoms with E-state index in [-0.39, 0.29) is 0 Å². The van der Waals surface area contributed by atoms with E-state index in [9.17, 15) is 0 Å². The van der Waals surface area contributed by atoms with Crippen molar-refractivity contribution in [2.24, 2.45) is 12.0 Å². The molecule has 2 aliphatic rings. The Labute approximate surface area is 267 Å². The maximum absolute atomic E-state index is 5.83. The minimum atomic E-state index is 0.706. The van der Waals surface area contributed by atoms with Gasteiger partial charge >= 0.3 is 5.13 Å². The number of methoxy groups -OCH3 is 1. The fourth-order valence-corrected chi connectivity index (χ4v) is 6.89. The Morgan fingerprint density at radius 3 is 2.11 bits per heavy atom. The van der Waals surface area contributed by atoms with E-state index in [4.69, 9.17) is 9.73 Å². The van der Waals surface area contributed by atoms with Gasteiger partial charge in [-0.3, -0.25) is 4.90 Å². The number of allylic oxidation sites excluding steroid dienone is 5. The molecule has 0 atom stereocenters. The summed E-state index contributed by atoms with van der Waals surface area (Å²) in [6, 6.07) is 19.3. The number of aromatic nitrogens is 1. The third-order valence-electron chi connectivity index (χ3n) is 8.17. The Hall–Kier alpha value is -3.59. The standard InChI is InChI=1S/C36H50N6OS/c1-38-32-18-12-13-19-34(32)44-36(38)37-31-27-35(39(22-14-24-41(2,3)4)23-15-25-42(5,6)7)40(28-16-10-9-11-17-28)33-26-29(43-8)20-21-30(31)33/h9-13,16-21,27H,14-15,22-26H2,1-8H3/q+4. The Morgan fingerprint density at radius 2 is 1.50 bits per heavy atom. The molecule has 44 heavy (non-hydrogen) atoms. The summed E-state index contributed by atoms with van der Waals surface area (Å²) in [4.78, 5) is 8.00. The lowest BCUT2D eigenvalue weighted by molar-refractivity contribution is -0.870. The number of para-hydroxylation sites is 2. The second-order valence-electron chi connectivity index (χ2n) is 13.8. The van der Waals surface area contributed by atoms with Gasteiger partial charge in [0.05, 0.1) is 105 Å². The number of aryl methyl sites for hydroxylation is 1. The number of ether oxygens (including phenoxy) is 1. The predicted molar refractivity (Wildman–Crippen MR) is 184 cm³/mol. The van der Waals surface area contributed by atoms with Crippen molar-refractivity contribution in [2.45, 2.75) is 19.3 Å². The van der Waals surface area contributed by atoms with Gasteiger partial charge in [0.15, 0.2) is 5.71 Å². The van der Waals surface area contributed by atoms with Crippen molar-refractivity contribution in [3.8, 4) is 0 Å². The van der Waals surface area contributed by atoms with Crippen LogP contribution < -0.4 is 4.57 Å². The molecule has 0 amide bonds. The van der Waals surface area contributed by atoms with E-state index in [1.807, 2.05) is 0 Å². The highest BCUT2D eigenvalue weighted by atomic mass is 32.1. The summed E-state index contributed by atoms with van der Waals surface area (Å²) >= 11 is 1.74. The SMILES string of the molecule is COC1=CC=C2C(=Nc3sc4ccccc4[n+]3C)C=C(N(CCC[N+](C)(C)C)CCC[N+](C)(C)C)[N+](c3ccccc3)=C2C1. The molecule has 0 N–H and O–H groups in total. The quantitative estimate of drug-likeness (QED) is 0.191. The van der Waals surface area contributed by atoms with Crippen molar-refractivity contribution in [1.82, 2.24) is 4.90 Å². The average molecular weight is 615 g/mol. The molecule has 232 valence electrons. The number of benzene rings is 2. The number of rotatable bonds is 12. The first kappa shape index (κ1) is 31.8. The van der Waals surface area contributed by atoms with Gasteiger partial charge in [0.1, 0.15) is 22.7 Å². The predicted octanol–water partition coefficient (Wildman–Crippen LogP) is 5.79. The van der Waals surface area contributed by atoms with Gasteiger partial charge in [-0.05, 0) is 52.7 Å². The Bertz CT molecular complexity index is 1630. The normalized spacial score (nSPS) is 16.5. The first-order valence-corrected chi connectivity index (χ1v) is 16.5. The fourth-order valence-electron chi connectivity index (χ4n) is 5.86. The van der Waals surface area contributed by atoms with E-state index in [0.29, 0.717) is 6.42 Å². The maximum Gasteiger partial charge on any atom is 0.383 e. The zero-order chi connectivity index (χ0) is 31.5. The van der Waals surface area contributed by atoms with E-state index in [1.165, 1.54) is 21.7 Å². The van der Waals surface area contributed by atoms with Crippen molar-refractivity contribution >= 4 is 43.8 Å². The molecule has 1 aliphatic heterocycles. The molecule has 0 unspecified atom stereocenters. The van der Waals surface area contributed by atoms with Gasteiger partial charge in [-0.15, -0.1) is 0 Å². The van der Waals surface area contributed by atoms with Crippen molar-refractivity contribution in [3.05, 3.63) is 90.0 Å². The number of nitrogens with zero attached hydrogens (tertiary/aromatic N) is 6. The van der Waals surface area contributed by atoms with Gasteiger partial charge in [0, 0.05) is 12.8 Å². The minimum Gasteiger partial charge on any atom is -0.501 e. The highest BCUT2D eigenvalue weighted by Gasteiger charge is 2.38. The van der Waals surface area contributed by atoms with Crippen LogP contribution in [-0.4, -0.2) is 105 Å². The first-order valence-electron chi connectivity index (χ1n) is 15.6. The molecule has 0 bridgehead atoms. The third kappa shape index (κ3) is 7.54. The van der Waals surface area contributed by atoms with E-state index in [2.05, 4.69) is 136 Å². The number of hydrogen-bond acceptors (Lipinski definition) is 4. The summed E-state index contributed by atoms with van der Waals surface area (Å²) in [5, 5.41) is 0.994. The fraction of sp³-hybridized carbons (Fsp3) is 0.417. The minimum absolute atomic E-state index is 0.706. The Morgan fingerprint density at radius 1 is 0.864 bits per heavy atom. The van der Waals surface area contributed by atoms with Crippen molar-refractivity contribution in [2.75, 3.05) is 75.6 Å². The van der Waals surface area contributed by atoms with Gasteiger partial charge in [-0.25, -0.2) is 4.57 Å². The maximum atomic E-state index is 5.83. The van der Waals surface area contributed by atoms with Crippen molar-refractivity contribution in [3.63, 3.8) is 0 Å². The van der Waals surface area contributed by atoms with Gasteiger partial charge in [0.25, 0.3) is 5.82 Å². The second-order valence-corrected chi connectivity index (χ2v) is 14.9. The summed E-state index contributed by atoms with van der Waals surface area (Å²) in [7, 11) is 17.6. The molecule has 2 aromatic carbocycles. The van der Waals surface area contributed by atoms with Crippen LogP contribution in [0.4, 0.5) is 10.8 Å². The van der Waals surface area contributed by atoms with Gasteiger partial charge in [-0.1, -0.05) is 30.3 Å². The second kappa shape index (κ2) is 13.2. The largest absolute Gasteiger partial charge is 0.501 e. The van der Waals surface area contributed by atoms with Crippen LogP contribution >= 0.6 is 11.3 Å². The summed E-state index contributed by atoms with van der Waals surface area (Å²) in [5.74, 6) is 2.14. The molecule has 2 heterocycles. The first-order chi connectivity index (χ1) is 20.9. The third-order valence-corrected chi connectivity index (χ3v) is 9.29. The molecule has 5 rings (SSSR count). The van der Waals surface area contributed by atoms with Gasteiger partial charge in [0.2, 0.25) is 0 Å². The molecule has 0 saturated carbocycles. The highest BCUT2D eigenvalue weighted by molar-refractivity contribution is 7.21. The van der Waals surface area contributed by atoms with Crippen LogP contribution in [0.1, 0.15) is 19.3 Å². The molecule has 3 aromatic rings. The van der Waals surface area contributed by atoms with E-state index < -0.39 is 0 Å². The van der Waals surface area contributed by atoms with Crippen LogP contribution in [0.5, 0.6) is 0 Å². The van der Waals surface area contributed by atoms with Crippen LogP contribution in [0.15, 0.2) is 95.0 Å². The molecule has 8 heteroatoms. The average Bonchev–Trinajstić information content (AvgIpc) is 3.29. The monoisotopic (exact) mass is 614 g/mol. The lowest BCUT2D eigenvalue weighted by atomic mass is 9.93. The molecule has 0 spiro atoms. The summed E-state index contributed by atoms with van der Waals surface area (Å²) < 4.78 is 13.6. The topological polar surface area (TPSA) is 31.7 Å². The summed E-state index contributed by atoms with van der Waals surface area (Å²) in [6.07, 6.45) is 9.53. The Balaban J connectivity index is 1.68. The number of fused-ring (bicyclic) bond motifs is 2. The van der Waals surface area contributed by atoms with E-state index in [0.717, 1.165) is 75.8 Å². The van der Waals surface area contributed by atoms with E-state index in [1.54, 1.807) is 18.4 Å². The zero-order valence-corrected chi connectivity index (χ0v) is 28.7. The van der Waals surface area contributed by atoms with E-state index >= 15 is 0 Å². The number of hydrogen-bond donors (Lipinski definition) is 0. The molecular weight excluding hydrogens is 565 g/mol. The number of thiazole rings is 1. The van der Waals surface area contributed by atoms with Crippen LogP contribution in [0.3, 0.4) is 0 Å². The lowest BCUT2D eigenvalue weighted by Gasteiger charge is -2.30. The van der Waals surface area contributed by atoms with Crippen molar-refractivity contribution < 1.29 is 22.8 Å². The number of quaternary nitrogens is 2. The molecule has 1 aromatic heterocycles. The summed E-state index contributed by atoms with van der Waals surface area (Å²) in [5.41, 5.74) is 5.71. The molecule has 0 radical (unpaired) electrons. The molecule has 7 nitrogen and oxygen atoms in total. The smallest absolute Gasteiger partial charge is 0.383 e. The van der Waals surface area contributed by atoms with Crippen LogP contribution in [-0.2, 0) is 11.8 Å². The number of aliphatic imine (C=N–C) groups is 1. The Kier molecular flexibility index (Phi) is 9.53. The molecular formula is C36H50N6OS+4. The molecule has 1 aliphatic carbocycles.